The van der Waals surface area contributed by atoms with Gasteiger partial charge in [-0.05, 0) is 27.7 Å². The lowest BCUT2D eigenvalue weighted by Gasteiger charge is -2.18. The molecule has 5 heteroatoms. The number of hydrogen-bond acceptors (Lipinski definition) is 3. The molecule has 0 spiro atoms. The van der Waals surface area contributed by atoms with Crippen molar-refractivity contribution in [1.29, 1.82) is 0 Å². The zero-order valence-corrected chi connectivity index (χ0v) is 9.63. The van der Waals surface area contributed by atoms with Gasteiger partial charge >= 0.3 is 6.03 Å². The summed E-state index contributed by atoms with van der Waals surface area (Å²) >= 11 is 0. The number of hydrogen-bond donors (Lipinski definition) is 1. The van der Waals surface area contributed by atoms with Gasteiger partial charge in [0.25, 0.3) is 0 Å². The first-order chi connectivity index (χ1) is 7.10. The predicted molar refractivity (Wildman–Crippen MR) is 57.9 cm³/mol. The number of anilines is 1. The van der Waals surface area contributed by atoms with Crippen molar-refractivity contribution in [2.75, 3.05) is 18.4 Å². The van der Waals surface area contributed by atoms with Crippen LogP contribution in [0, 0.1) is 13.8 Å². The van der Waals surface area contributed by atoms with Crippen LogP contribution in [0.25, 0.3) is 0 Å². The molecular formula is C10H17N3O2. The van der Waals surface area contributed by atoms with Crippen LogP contribution in [0.4, 0.5) is 10.7 Å². The molecule has 0 aliphatic heterocycles. The number of nitrogens with one attached hydrogen (secondary N) is 1. The number of aromatic nitrogens is 1. The van der Waals surface area contributed by atoms with Gasteiger partial charge in [-0.1, -0.05) is 5.16 Å². The van der Waals surface area contributed by atoms with Crippen LogP contribution in [0.1, 0.15) is 25.1 Å². The van der Waals surface area contributed by atoms with E-state index >= 15 is 0 Å². The first kappa shape index (κ1) is 11.6. The maximum Gasteiger partial charge on any atom is 0.324 e. The second-order valence-electron chi connectivity index (χ2n) is 3.32. The molecule has 1 rings (SSSR count). The lowest BCUT2D eigenvalue weighted by molar-refractivity contribution is 0.216. The number of nitrogens with zero attached hydrogens (tertiary/aromatic N) is 2. The minimum Gasteiger partial charge on any atom is -0.338 e. The van der Waals surface area contributed by atoms with E-state index in [9.17, 15) is 4.79 Å². The number of aryl methyl sites for hydroxylation is 1. The van der Waals surface area contributed by atoms with Gasteiger partial charge in [0.05, 0.1) is 5.69 Å². The predicted octanol–water partition coefficient (Wildman–Crippen LogP) is 2.17. The maximum absolute atomic E-state index is 11.7. The Morgan fingerprint density at radius 1 is 1.40 bits per heavy atom. The summed E-state index contributed by atoms with van der Waals surface area (Å²) in [6.45, 7) is 8.92. The third-order valence-electron chi connectivity index (χ3n) is 2.43. The number of amides is 2. The van der Waals surface area contributed by atoms with Crippen molar-refractivity contribution < 1.29 is 9.32 Å². The molecule has 0 saturated carbocycles. The molecule has 2 amide bonds. The average molecular weight is 211 g/mol. The second kappa shape index (κ2) is 4.82. The van der Waals surface area contributed by atoms with Gasteiger partial charge in [0.15, 0.2) is 0 Å². The number of rotatable bonds is 3. The van der Waals surface area contributed by atoms with Crippen LogP contribution < -0.4 is 5.32 Å². The van der Waals surface area contributed by atoms with Gasteiger partial charge in [0.1, 0.15) is 0 Å². The smallest absolute Gasteiger partial charge is 0.324 e. The minimum atomic E-state index is -0.153. The highest BCUT2D eigenvalue weighted by Crippen LogP contribution is 2.17. The average Bonchev–Trinajstić information content (AvgIpc) is 2.52. The van der Waals surface area contributed by atoms with E-state index in [1.165, 1.54) is 0 Å². The highest BCUT2D eigenvalue weighted by molar-refractivity contribution is 5.88. The second-order valence-corrected chi connectivity index (χ2v) is 3.32. The van der Waals surface area contributed by atoms with Gasteiger partial charge in [0, 0.05) is 18.7 Å². The molecule has 0 aliphatic carbocycles. The van der Waals surface area contributed by atoms with E-state index in [-0.39, 0.29) is 6.03 Å². The van der Waals surface area contributed by atoms with Crippen molar-refractivity contribution in [3.63, 3.8) is 0 Å². The van der Waals surface area contributed by atoms with Crippen molar-refractivity contribution in [3.05, 3.63) is 11.3 Å². The molecule has 1 heterocycles. The van der Waals surface area contributed by atoms with Crippen LogP contribution in [0.3, 0.4) is 0 Å². The molecule has 0 radical (unpaired) electrons. The Morgan fingerprint density at radius 3 is 2.40 bits per heavy atom. The molecule has 1 N–H and O–H groups in total. The van der Waals surface area contributed by atoms with Crippen molar-refractivity contribution in [2.45, 2.75) is 27.7 Å². The zero-order valence-electron chi connectivity index (χ0n) is 9.63. The summed E-state index contributed by atoms with van der Waals surface area (Å²) < 4.78 is 5.00. The molecule has 1 aromatic rings. The molecule has 0 bridgehead atoms. The first-order valence-corrected chi connectivity index (χ1v) is 5.08. The van der Waals surface area contributed by atoms with E-state index in [4.69, 9.17) is 4.52 Å². The SMILES string of the molecule is CCN(CC)C(=O)Nc1onc(C)c1C. The molecule has 0 atom stereocenters. The summed E-state index contributed by atoms with van der Waals surface area (Å²) in [6, 6.07) is -0.153. The summed E-state index contributed by atoms with van der Waals surface area (Å²) in [5.74, 6) is 0.435. The Bertz CT molecular complexity index is 342. The molecule has 0 saturated heterocycles. The van der Waals surface area contributed by atoms with Gasteiger partial charge < -0.3 is 9.42 Å². The highest BCUT2D eigenvalue weighted by atomic mass is 16.5. The Labute approximate surface area is 89.4 Å². The summed E-state index contributed by atoms with van der Waals surface area (Å²) in [6.07, 6.45) is 0. The van der Waals surface area contributed by atoms with Gasteiger partial charge in [0.2, 0.25) is 5.88 Å². The Morgan fingerprint density at radius 2 is 2.00 bits per heavy atom. The van der Waals surface area contributed by atoms with Crippen molar-refractivity contribution in [1.82, 2.24) is 10.1 Å². The van der Waals surface area contributed by atoms with Crippen molar-refractivity contribution >= 4 is 11.9 Å². The third-order valence-corrected chi connectivity index (χ3v) is 2.43. The molecule has 0 fully saturated rings. The molecule has 1 aromatic heterocycles. The number of carbonyl (C=O) groups is 1. The lowest BCUT2D eigenvalue weighted by atomic mass is 10.3. The summed E-state index contributed by atoms with van der Waals surface area (Å²) in [7, 11) is 0. The van der Waals surface area contributed by atoms with Crippen LogP contribution in [0.2, 0.25) is 0 Å². The van der Waals surface area contributed by atoms with Crippen LogP contribution in [0.15, 0.2) is 4.52 Å². The third kappa shape index (κ3) is 2.49. The fraction of sp³-hybridized carbons (Fsp3) is 0.600. The van der Waals surface area contributed by atoms with Crippen LogP contribution in [-0.2, 0) is 0 Å². The topological polar surface area (TPSA) is 58.4 Å². The van der Waals surface area contributed by atoms with Crippen LogP contribution in [0.5, 0.6) is 0 Å². The molecule has 15 heavy (non-hydrogen) atoms. The van der Waals surface area contributed by atoms with E-state index in [2.05, 4.69) is 10.5 Å². The van der Waals surface area contributed by atoms with E-state index in [0.717, 1.165) is 11.3 Å². The van der Waals surface area contributed by atoms with Crippen LogP contribution in [-0.4, -0.2) is 29.2 Å². The van der Waals surface area contributed by atoms with Crippen LogP contribution >= 0.6 is 0 Å². The standard InChI is InChI=1S/C10H17N3O2/c1-5-13(6-2)10(14)11-9-7(3)8(4)12-15-9/h5-6H2,1-4H3,(H,11,14). The van der Waals surface area contributed by atoms with E-state index in [0.29, 0.717) is 19.0 Å². The minimum absolute atomic E-state index is 0.153. The lowest BCUT2D eigenvalue weighted by Crippen LogP contribution is -2.34. The summed E-state index contributed by atoms with van der Waals surface area (Å²) in [4.78, 5) is 13.3. The molecule has 0 unspecified atom stereocenters. The maximum atomic E-state index is 11.7. The molecule has 0 aromatic carbocycles. The van der Waals surface area contributed by atoms with Crippen molar-refractivity contribution in [2.24, 2.45) is 0 Å². The molecule has 5 nitrogen and oxygen atoms in total. The van der Waals surface area contributed by atoms with Gasteiger partial charge in [-0.25, -0.2) is 4.79 Å². The van der Waals surface area contributed by atoms with E-state index in [1.54, 1.807) is 4.90 Å². The van der Waals surface area contributed by atoms with E-state index in [1.807, 2.05) is 27.7 Å². The Balaban J connectivity index is 2.70. The van der Waals surface area contributed by atoms with Crippen molar-refractivity contribution in [3.8, 4) is 0 Å². The molecular weight excluding hydrogens is 194 g/mol. The summed E-state index contributed by atoms with van der Waals surface area (Å²) in [5.41, 5.74) is 1.67. The number of urea groups is 1. The monoisotopic (exact) mass is 211 g/mol. The van der Waals surface area contributed by atoms with Gasteiger partial charge in [-0.2, -0.15) is 0 Å². The van der Waals surface area contributed by atoms with E-state index < -0.39 is 0 Å². The largest absolute Gasteiger partial charge is 0.338 e. The first-order valence-electron chi connectivity index (χ1n) is 5.08. The van der Waals surface area contributed by atoms with Gasteiger partial charge in [-0.3, -0.25) is 5.32 Å². The molecule has 84 valence electrons. The zero-order chi connectivity index (χ0) is 11.4. The quantitative estimate of drug-likeness (QED) is 0.833. The fourth-order valence-electron chi connectivity index (χ4n) is 1.22. The highest BCUT2D eigenvalue weighted by Gasteiger charge is 2.14. The molecule has 0 aliphatic rings. The number of carbonyl (C=O) groups excluding carboxylic acids is 1. The Hall–Kier alpha value is -1.52. The Kier molecular flexibility index (Phi) is 3.71. The normalized spacial score (nSPS) is 10.1. The fourth-order valence-corrected chi connectivity index (χ4v) is 1.22. The summed E-state index contributed by atoms with van der Waals surface area (Å²) in [5, 5.41) is 6.46. The van der Waals surface area contributed by atoms with Gasteiger partial charge in [-0.15, -0.1) is 0 Å².